The van der Waals surface area contributed by atoms with Crippen LogP contribution < -0.4 is 4.90 Å². The average molecular weight is 174 g/mol. The van der Waals surface area contributed by atoms with Crippen molar-refractivity contribution in [2.75, 3.05) is 11.9 Å². The van der Waals surface area contributed by atoms with Crippen LogP contribution in [-0.2, 0) is 0 Å². The molecule has 0 radical (unpaired) electrons. The van der Waals surface area contributed by atoms with Gasteiger partial charge in [-0.05, 0) is 12.1 Å². The molecule has 2 aromatic heterocycles. The Hall–Kier alpha value is -1.84. The van der Waals surface area contributed by atoms with Crippen molar-refractivity contribution in [2.45, 2.75) is 0 Å². The molecule has 4 nitrogen and oxygen atoms in total. The van der Waals surface area contributed by atoms with E-state index in [2.05, 4.69) is 15.2 Å². The Bertz CT molecular complexity index is 354. The van der Waals surface area contributed by atoms with Crippen LogP contribution in [0.5, 0.6) is 0 Å². The maximum atomic E-state index is 4.22. The van der Waals surface area contributed by atoms with Crippen LogP contribution in [0.3, 0.4) is 0 Å². The molecule has 0 fully saturated rings. The van der Waals surface area contributed by atoms with Crippen molar-refractivity contribution in [1.29, 1.82) is 0 Å². The third-order valence-electron chi connectivity index (χ3n) is 1.86. The number of H-pyrrole nitrogens is 1. The molecule has 2 aromatic rings. The zero-order valence-electron chi connectivity index (χ0n) is 7.31. The number of pyridine rings is 1. The summed E-state index contributed by atoms with van der Waals surface area (Å²) >= 11 is 0. The van der Waals surface area contributed by atoms with Crippen molar-refractivity contribution < 1.29 is 0 Å². The molecule has 4 heteroatoms. The standard InChI is InChI=1S/C9H10N4/c1-13(8-6-11-12-7-8)9-4-2-3-5-10-9/h2-7H,1H3,(H,11,12). The normalized spacial score (nSPS) is 9.92. The largest absolute Gasteiger partial charge is 0.327 e. The van der Waals surface area contributed by atoms with E-state index in [0.717, 1.165) is 11.5 Å². The molecular weight excluding hydrogens is 164 g/mol. The van der Waals surface area contributed by atoms with Gasteiger partial charge >= 0.3 is 0 Å². The van der Waals surface area contributed by atoms with Crippen LogP contribution in [0, 0.1) is 0 Å². The fourth-order valence-corrected chi connectivity index (χ4v) is 1.11. The van der Waals surface area contributed by atoms with E-state index in [1.54, 1.807) is 12.4 Å². The summed E-state index contributed by atoms with van der Waals surface area (Å²) < 4.78 is 0. The minimum Gasteiger partial charge on any atom is -0.327 e. The maximum Gasteiger partial charge on any atom is 0.132 e. The lowest BCUT2D eigenvalue weighted by Crippen LogP contribution is -2.09. The van der Waals surface area contributed by atoms with Gasteiger partial charge < -0.3 is 4.90 Å². The highest BCUT2D eigenvalue weighted by atomic mass is 15.2. The molecule has 0 saturated carbocycles. The highest BCUT2D eigenvalue weighted by Gasteiger charge is 2.03. The molecule has 0 aliphatic heterocycles. The molecular formula is C9H10N4. The predicted molar refractivity (Wildman–Crippen MR) is 50.9 cm³/mol. The van der Waals surface area contributed by atoms with Gasteiger partial charge in [-0.15, -0.1) is 0 Å². The summed E-state index contributed by atoms with van der Waals surface area (Å²) in [6, 6.07) is 5.80. The highest BCUT2D eigenvalue weighted by Crippen LogP contribution is 2.18. The minimum atomic E-state index is 0.906. The van der Waals surface area contributed by atoms with Crippen LogP contribution in [0.1, 0.15) is 0 Å². The lowest BCUT2D eigenvalue weighted by molar-refractivity contribution is 1.09. The first-order valence-electron chi connectivity index (χ1n) is 4.01. The Morgan fingerprint density at radius 1 is 1.38 bits per heavy atom. The van der Waals surface area contributed by atoms with Crippen LogP contribution in [0.25, 0.3) is 0 Å². The van der Waals surface area contributed by atoms with E-state index in [9.17, 15) is 0 Å². The minimum absolute atomic E-state index is 0.906. The Balaban J connectivity index is 2.29. The molecule has 0 amide bonds. The van der Waals surface area contributed by atoms with Crippen molar-refractivity contribution in [3.63, 3.8) is 0 Å². The summed E-state index contributed by atoms with van der Waals surface area (Å²) in [6.07, 6.45) is 5.36. The zero-order chi connectivity index (χ0) is 9.10. The van der Waals surface area contributed by atoms with E-state index in [1.807, 2.05) is 36.3 Å². The summed E-state index contributed by atoms with van der Waals surface area (Å²) in [6.45, 7) is 0. The lowest BCUT2D eigenvalue weighted by atomic mass is 10.4. The predicted octanol–water partition coefficient (Wildman–Crippen LogP) is 1.57. The molecule has 0 saturated heterocycles. The van der Waals surface area contributed by atoms with E-state index in [4.69, 9.17) is 0 Å². The first kappa shape index (κ1) is 7.79. The molecule has 0 aromatic carbocycles. The number of anilines is 2. The molecule has 2 heterocycles. The fraction of sp³-hybridized carbons (Fsp3) is 0.111. The molecule has 66 valence electrons. The lowest BCUT2D eigenvalue weighted by Gasteiger charge is -2.14. The second-order valence-electron chi connectivity index (χ2n) is 2.70. The molecule has 2 rings (SSSR count). The first-order chi connectivity index (χ1) is 6.38. The van der Waals surface area contributed by atoms with Gasteiger partial charge in [0.1, 0.15) is 5.82 Å². The van der Waals surface area contributed by atoms with Gasteiger partial charge in [-0.3, -0.25) is 5.10 Å². The van der Waals surface area contributed by atoms with E-state index in [1.165, 1.54) is 0 Å². The Kier molecular flexibility index (Phi) is 1.96. The monoisotopic (exact) mass is 174 g/mol. The van der Waals surface area contributed by atoms with E-state index in [0.29, 0.717) is 0 Å². The Morgan fingerprint density at radius 2 is 2.31 bits per heavy atom. The van der Waals surface area contributed by atoms with Gasteiger partial charge in [-0.1, -0.05) is 6.07 Å². The molecule has 0 aliphatic carbocycles. The van der Waals surface area contributed by atoms with E-state index >= 15 is 0 Å². The smallest absolute Gasteiger partial charge is 0.132 e. The van der Waals surface area contributed by atoms with Gasteiger partial charge in [0.2, 0.25) is 0 Å². The van der Waals surface area contributed by atoms with Crippen molar-refractivity contribution >= 4 is 11.5 Å². The summed E-state index contributed by atoms with van der Waals surface area (Å²) in [7, 11) is 1.95. The molecule has 0 bridgehead atoms. The average Bonchev–Trinajstić information content (AvgIpc) is 2.71. The second kappa shape index (κ2) is 3.26. The van der Waals surface area contributed by atoms with Gasteiger partial charge in [0, 0.05) is 19.4 Å². The zero-order valence-corrected chi connectivity index (χ0v) is 7.31. The van der Waals surface area contributed by atoms with Crippen molar-refractivity contribution in [2.24, 2.45) is 0 Å². The number of aromatic nitrogens is 3. The van der Waals surface area contributed by atoms with Gasteiger partial charge in [0.05, 0.1) is 11.9 Å². The van der Waals surface area contributed by atoms with Crippen molar-refractivity contribution in [3.8, 4) is 0 Å². The number of rotatable bonds is 2. The van der Waals surface area contributed by atoms with Gasteiger partial charge in [0.25, 0.3) is 0 Å². The van der Waals surface area contributed by atoms with Gasteiger partial charge in [0.15, 0.2) is 0 Å². The topological polar surface area (TPSA) is 44.8 Å². The van der Waals surface area contributed by atoms with Crippen LogP contribution in [-0.4, -0.2) is 22.2 Å². The third-order valence-corrected chi connectivity index (χ3v) is 1.86. The summed E-state index contributed by atoms with van der Waals surface area (Å²) in [5, 5.41) is 6.64. The van der Waals surface area contributed by atoms with Crippen LogP contribution in [0.4, 0.5) is 11.5 Å². The SMILES string of the molecule is CN(c1cn[nH]c1)c1ccccn1. The number of aromatic amines is 1. The molecule has 13 heavy (non-hydrogen) atoms. The third kappa shape index (κ3) is 1.51. The first-order valence-corrected chi connectivity index (χ1v) is 4.01. The number of nitrogens with zero attached hydrogens (tertiary/aromatic N) is 3. The maximum absolute atomic E-state index is 4.22. The Labute approximate surface area is 76.2 Å². The van der Waals surface area contributed by atoms with E-state index in [-0.39, 0.29) is 0 Å². The highest BCUT2D eigenvalue weighted by molar-refractivity contribution is 5.56. The quantitative estimate of drug-likeness (QED) is 0.751. The summed E-state index contributed by atoms with van der Waals surface area (Å²) in [5.41, 5.74) is 0.999. The number of hydrogen-bond acceptors (Lipinski definition) is 3. The fourth-order valence-electron chi connectivity index (χ4n) is 1.11. The van der Waals surface area contributed by atoms with E-state index < -0.39 is 0 Å². The Morgan fingerprint density at radius 3 is 2.92 bits per heavy atom. The number of nitrogens with one attached hydrogen (secondary N) is 1. The van der Waals surface area contributed by atoms with Crippen LogP contribution >= 0.6 is 0 Å². The summed E-state index contributed by atoms with van der Waals surface area (Å²) in [5.74, 6) is 0.906. The molecule has 0 aliphatic rings. The number of hydrogen-bond donors (Lipinski definition) is 1. The molecule has 0 unspecified atom stereocenters. The molecule has 0 atom stereocenters. The van der Waals surface area contributed by atoms with Gasteiger partial charge in [-0.25, -0.2) is 4.98 Å². The summed E-state index contributed by atoms with van der Waals surface area (Å²) in [4.78, 5) is 6.18. The molecule has 1 N–H and O–H groups in total. The van der Waals surface area contributed by atoms with Crippen molar-refractivity contribution in [3.05, 3.63) is 36.8 Å². The molecule has 0 spiro atoms. The second-order valence-corrected chi connectivity index (χ2v) is 2.70. The van der Waals surface area contributed by atoms with Crippen LogP contribution in [0.15, 0.2) is 36.8 Å². The van der Waals surface area contributed by atoms with Crippen LogP contribution in [0.2, 0.25) is 0 Å². The van der Waals surface area contributed by atoms with Gasteiger partial charge in [-0.2, -0.15) is 5.10 Å². The van der Waals surface area contributed by atoms with Crippen molar-refractivity contribution in [1.82, 2.24) is 15.2 Å².